The van der Waals surface area contributed by atoms with Crippen molar-refractivity contribution < 1.29 is 4.79 Å². The Kier molecular flexibility index (Phi) is 3.76. The molecule has 1 aliphatic heterocycles. The molecule has 0 atom stereocenters. The first-order chi connectivity index (χ1) is 9.84. The Morgan fingerprint density at radius 1 is 1.25 bits per heavy atom. The Balaban J connectivity index is 1.59. The number of aromatic amines is 1. The van der Waals surface area contributed by atoms with E-state index in [1.807, 2.05) is 4.90 Å². The number of likely N-dealkylation sites (tertiary alicyclic amines) is 1. The van der Waals surface area contributed by atoms with Crippen LogP contribution in [0, 0.1) is 0 Å². The molecule has 0 aromatic carbocycles. The third-order valence-electron chi connectivity index (χ3n) is 3.57. The van der Waals surface area contributed by atoms with Gasteiger partial charge >= 0.3 is 0 Å². The summed E-state index contributed by atoms with van der Waals surface area (Å²) in [5.41, 5.74) is 1.45. The van der Waals surface area contributed by atoms with E-state index in [1.165, 1.54) is 6.33 Å². The van der Waals surface area contributed by atoms with Crippen LogP contribution in [0.15, 0.2) is 12.7 Å². The van der Waals surface area contributed by atoms with Crippen LogP contribution in [0.5, 0.6) is 0 Å². The predicted molar refractivity (Wildman–Crippen MR) is 75.2 cm³/mol. The zero-order valence-corrected chi connectivity index (χ0v) is 11.3. The van der Waals surface area contributed by atoms with Crippen LogP contribution in [0.3, 0.4) is 0 Å². The monoisotopic (exact) mass is 274 g/mol. The van der Waals surface area contributed by atoms with Crippen molar-refractivity contribution in [1.29, 1.82) is 0 Å². The second kappa shape index (κ2) is 5.85. The summed E-state index contributed by atoms with van der Waals surface area (Å²) in [5, 5.41) is 3.25. The molecule has 0 spiro atoms. The largest absolute Gasteiger partial charge is 0.366 e. The summed E-state index contributed by atoms with van der Waals surface area (Å²) in [4.78, 5) is 29.2. The average molecular weight is 274 g/mol. The molecule has 20 heavy (non-hydrogen) atoms. The van der Waals surface area contributed by atoms with Crippen LogP contribution in [-0.4, -0.2) is 50.4 Å². The maximum atomic E-state index is 11.9. The normalized spacial score (nSPS) is 16.4. The summed E-state index contributed by atoms with van der Waals surface area (Å²) in [6.45, 7) is 2.25. The third kappa shape index (κ3) is 2.71. The van der Waals surface area contributed by atoms with E-state index in [2.05, 4.69) is 25.3 Å². The van der Waals surface area contributed by atoms with Gasteiger partial charge in [-0.15, -0.1) is 0 Å². The Labute approximate surface area is 116 Å². The lowest BCUT2D eigenvalue weighted by Gasteiger charge is -2.20. The molecular weight excluding hydrogens is 256 g/mol. The first-order valence-electron chi connectivity index (χ1n) is 7.00. The molecular formula is C13H18N6O. The zero-order valence-electron chi connectivity index (χ0n) is 11.3. The number of anilines is 1. The van der Waals surface area contributed by atoms with E-state index < -0.39 is 0 Å². The van der Waals surface area contributed by atoms with E-state index in [4.69, 9.17) is 0 Å². The van der Waals surface area contributed by atoms with Crippen LogP contribution in [-0.2, 0) is 4.79 Å². The van der Waals surface area contributed by atoms with Crippen molar-refractivity contribution in [3.63, 3.8) is 0 Å². The van der Waals surface area contributed by atoms with Crippen molar-refractivity contribution >= 4 is 22.9 Å². The predicted octanol–water partition coefficient (Wildman–Crippen LogP) is 1.17. The van der Waals surface area contributed by atoms with Crippen molar-refractivity contribution in [2.75, 3.05) is 25.0 Å². The van der Waals surface area contributed by atoms with Gasteiger partial charge in [-0.2, -0.15) is 0 Å². The van der Waals surface area contributed by atoms with Crippen LogP contribution >= 0.6 is 0 Å². The molecule has 0 aliphatic carbocycles. The third-order valence-corrected chi connectivity index (χ3v) is 3.57. The smallest absolute Gasteiger partial charge is 0.222 e. The fourth-order valence-electron chi connectivity index (χ4n) is 2.48. The topological polar surface area (TPSA) is 86.8 Å². The molecule has 7 nitrogen and oxygen atoms in total. The number of carbonyl (C=O) groups is 1. The van der Waals surface area contributed by atoms with Crippen molar-refractivity contribution in [2.24, 2.45) is 0 Å². The van der Waals surface area contributed by atoms with Crippen molar-refractivity contribution in [3.05, 3.63) is 12.7 Å². The first kappa shape index (κ1) is 12.8. The first-order valence-corrected chi connectivity index (χ1v) is 7.00. The lowest BCUT2D eigenvalue weighted by molar-refractivity contribution is -0.130. The Bertz CT molecular complexity index is 595. The molecule has 0 bridgehead atoms. The summed E-state index contributed by atoms with van der Waals surface area (Å²) < 4.78 is 0. The summed E-state index contributed by atoms with van der Waals surface area (Å²) in [5.74, 6) is 0.994. The van der Waals surface area contributed by atoms with Crippen LogP contribution < -0.4 is 5.32 Å². The number of nitrogens with zero attached hydrogens (tertiary/aromatic N) is 4. The van der Waals surface area contributed by atoms with E-state index in [-0.39, 0.29) is 5.91 Å². The fourth-order valence-corrected chi connectivity index (χ4v) is 2.48. The average Bonchev–Trinajstić information content (AvgIpc) is 2.85. The number of amides is 1. The van der Waals surface area contributed by atoms with Gasteiger partial charge in [0.25, 0.3) is 0 Å². The Morgan fingerprint density at radius 3 is 3.15 bits per heavy atom. The number of aromatic nitrogens is 4. The van der Waals surface area contributed by atoms with Crippen molar-refractivity contribution in [2.45, 2.75) is 25.7 Å². The maximum Gasteiger partial charge on any atom is 0.222 e. The maximum absolute atomic E-state index is 11.9. The van der Waals surface area contributed by atoms with Crippen LogP contribution in [0.25, 0.3) is 11.2 Å². The van der Waals surface area contributed by atoms with Crippen molar-refractivity contribution in [1.82, 2.24) is 24.8 Å². The Hall–Kier alpha value is -2.18. The molecule has 2 N–H and O–H groups in total. The number of H-pyrrole nitrogens is 1. The molecule has 0 saturated carbocycles. The van der Waals surface area contributed by atoms with E-state index in [0.29, 0.717) is 25.2 Å². The lowest BCUT2D eigenvalue weighted by atomic mass is 10.2. The van der Waals surface area contributed by atoms with Crippen LogP contribution in [0.1, 0.15) is 25.7 Å². The summed E-state index contributed by atoms with van der Waals surface area (Å²) in [7, 11) is 0. The zero-order chi connectivity index (χ0) is 13.8. The van der Waals surface area contributed by atoms with E-state index in [1.54, 1.807) is 6.33 Å². The molecule has 2 aromatic heterocycles. The van der Waals surface area contributed by atoms with E-state index in [9.17, 15) is 4.79 Å². The molecule has 3 rings (SSSR count). The molecule has 1 saturated heterocycles. The van der Waals surface area contributed by atoms with Gasteiger partial charge in [0.15, 0.2) is 11.5 Å². The summed E-state index contributed by atoms with van der Waals surface area (Å²) >= 11 is 0. The molecule has 1 aliphatic rings. The molecule has 0 radical (unpaired) electrons. The summed E-state index contributed by atoms with van der Waals surface area (Å²) in [6, 6.07) is 0. The number of carbonyl (C=O) groups excluding carboxylic acids is 1. The number of fused-ring (bicyclic) bond motifs is 1. The molecule has 7 heteroatoms. The molecule has 2 aromatic rings. The summed E-state index contributed by atoms with van der Waals surface area (Å²) in [6.07, 6.45) is 7.04. The highest BCUT2D eigenvalue weighted by atomic mass is 16.2. The lowest BCUT2D eigenvalue weighted by Crippen LogP contribution is -2.34. The van der Waals surface area contributed by atoms with Gasteiger partial charge in [-0.25, -0.2) is 15.0 Å². The number of nitrogens with one attached hydrogen (secondary N) is 2. The number of hydrogen-bond donors (Lipinski definition) is 2. The fraction of sp³-hybridized carbons (Fsp3) is 0.538. The molecule has 1 fully saturated rings. The number of imidazole rings is 1. The minimum atomic E-state index is 0.263. The van der Waals surface area contributed by atoms with Gasteiger partial charge in [-0.3, -0.25) is 4.79 Å². The van der Waals surface area contributed by atoms with E-state index in [0.717, 1.165) is 37.1 Å². The molecule has 3 heterocycles. The molecule has 106 valence electrons. The quantitative estimate of drug-likeness (QED) is 0.874. The van der Waals surface area contributed by atoms with Crippen molar-refractivity contribution in [3.8, 4) is 0 Å². The number of rotatable bonds is 4. The van der Waals surface area contributed by atoms with Crippen LogP contribution in [0.2, 0.25) is 0 Å². The second-order valence-electron chi connectivity index (χ2n) is 4.94. The highest BCUT2D eigenvalue weighted by Gasteiger charge is 2.16. The van der Waals surface area contributed by atoms with E-state index >= 15 is 0 Å². The van der Waals surface area contributed by atoms with Gasteiger partial charge in [-0.1, -0.05) is 6.42 Å². The molecule has 1 amide bonds. The minimum absolute atomic E-state index is 0.263. The van der Waals surface area contributed by atoms with Gasteiger partial charge in [0, 0.05) is 26.1 Å². The highest BCUT2D eigenvalue weighted by molar-refractivity contribution is 5.82. The second-order valence-corrected chi connectivity index (χ2v) is 4.94. The van der Waals surface area contributed by atoms with Gasteiger partial charge in [0.2, 0.25) is 5.91 Å². The highest BCUT2D eigenvalue weighted by Crippen LogP contribution is 2.14. The minimum Gasteiger partial charge on any atom is -0.366 e. The standard InChI is InChI=1S/C13H18N6O/c20-10-4-2-1-3-6-19(10)7-5-14-12-11-13(16-8-15-11)18-9-17-12/h8-9H,1-7H2,(H2,14,15,16,17,18). The molecule has 0 unspecified atom stereocenters. The van der Waals surface area contributed by atoms with Gasteiger partial charge in [0.1, 0.15) is 11.8 Å². The van der Waals surface area contributed by atoms with Crippen LogP contribution in [0.4, 0.5) is 5.82 Å². The Morgan fingerprint density at radius 2 is 2.20 bits per heavy atom. The van der Waals surface area contributed by atoms with Gasteiger partial charge in [0.05, 0.1) is 6.33 Å². The number of hydrogen-bond acceptors (Lipinski definition) is 5. The van der Waals surface area contributed by atoms with Gasteiger partial charge in [-0.05, 0) is 12.8 Å². The SMILES string of the molecule is O=C1CCCCCN1CCNc1ncnc2nc[nH]c12. The van der Waals surface area contributed by atoms with Gasteiger partial charge < -0.3 is 15.2 Å².